The van der Waals surface area contributed by atoms with Crippen molar-refractivity contribution >= 4 is 46.7 Å². The maximum Gasteiger partial charge on any atom is 0.342 e. The first kappa shape index (κ1) is 14.8. The third-order valence-electron chi connectivity index (χ3n) is 1.43. The highest BCUT2D eigenvalue weighted by Gasteiger charge is 2.37. The molecule has 7 heteroatoms. The van der Waals surface area contributed by atoms with E-state index in [1.54, 1.807) is 0 Å². The Morgan fingerprint density at radius 3 is 2.33 bits per heavy atom. The molecule has 15 heavy (non-hydrogen) atoms. The topological polar surface area (TPSA) is 52.6 Å². The van der Waals surface area contributed by atoms with Gasteiger partial charge in [-0.3, -0.25) is 4.79 Å². The summed E-state index contributed by atoms with van der Waals surface area (Å²) < 4.78 is 7.27. The first-order valence-corrected chi connectivity index (χ1v) is 5.22. The van der Waals surface area contributed by atoms with Gasteiger partial charge in [-0.15, -0.1) is 11.6 Å². The predicted molar refractivity (Wildman–Crippen MR) is 57.3 cm³/mol. The Balaban J connectivity index is 4.09. The lowest BCUT2D eigenvalue weighted by molar-refractivity contribution is -0.141. The highest BCUT2D eigenvalue weighted by molar-refractivity contribution is 6.57. The van der Waals surface area contributed by atoms with Crippen LogP contribution < -0.4 is 0 Å². The SMILES string of the molecule is COC(=O)C(Cl)(Cl)CC(Cl)COC(C)=O. The van der Waals surface area contributed by atoms with Gasteiger partial charge in [-0.05, 0) is 0 Å². The molecule has 0 radical (unpaired) electrons. The number of rotatable bonds is 5. The van der Waals surface area contributed by atoms with Crippen molar-refractivity contribution in [2.45, 2.75) is 23.1 Å². The average Bonchev–Trinajstić information content (AvgIpc) is 2.12. The van der Waals surface area contributed by atoms with Crippen molar-refractivity contribution in [2.24, 2.45) is 0 Å². The minimum atomic E-state index is -1.72. The van der Waals surface area contributed by atoms with Gasteiger partial charge in [0, 0.05) is 13.3 Å². The van der Waals surface area contributed by atoms with E-state index in [-0.39, 0.29) is 13.0 Å². The Labute approximate surface area is 103 Å². The van der Waals surface area contributed by atoms with Gasteiger partial charge >= 0.3 is 11.9 Å². The molecule has 0 saturated heterocycles. The fourth-order valence-electron chi connectivity index (χ4n) is 0.778. The van der Waals surface area contributed by atoms with Crippen LogP contribution in [0.5, 0.6) is 0 Å². The second kappa shape index (κ2) is 6.40. The molecular formula is C8H11Cl3O4. The number of halogens is 3. The maximum absolute atomic E-state index is 11.1. The van der Waals surface area contributed by atoms with Crippen molar-refractivity contribution in [3.05, 3.63) is 0 Å². The zero-order valence-corrected chi connectivity index (χ0v) is 10.5. The van der Waals surface area contributed by atoms with Crippen molar-refractivity contribution in [1.29, 1.82) is 0 Å². The monoisotopic (exact) mass is 276 g/mol. The van der Waals surface area contributed by atoms with Crippen LogP contribution in [0.3, 0.4) is 0 Å². The molecule has 0 N–H and O–H groups in total. The van der Waals surface area contributed by atoms with E-state index < -0.39 is 21.6 Å². The molecule has 0 fully saturated rings. The van der Waals surface area contributed by atoms with Crippen LogP contribution in [0.15, 0.2) is 0 Å². The fourth-order valence-corrected chi connectivity index (χ4v) is 1.76. The van der Waals surface area contributed by atoms with Gasteiger partial charge in [0.2, 0.25) is 4.33 Å². The molecule has 0 heterocycles. The second-order valence-electron chi connectivity index (χ2n) is 2.80. The molecule has 0 aliphatic heterocycles. The number of hydrogen-bond donors (Lipinski definition) is 0. The summed E-state index contributed by atoms with van der Waals surface area (Å²) in [5.74, 6) is -1.26. The van der Waals surface area contributed by atoms with Crippen LogP contribution in [0.2, 0.25) is 0 Å². The number of ether oxygens (including phenoxy) is 2. The molecule has 0 aromatic heterocycles. The molecule has 88 valence electrons. The van der Waals surface area contributed by atoms with E-state index >= 15 is 0 Å². The van der Waals surface area contributed by atoms with Crippen LogP contribution >= 0.6 is 34.8 Å². The van der Waals surface area contributed by atoms with Gasteiger partial charge in [-0.25, -0.2) is 4.79 Å². The smallest absolute Gasteiger partial charge is 0.342 e. The highest BCUT2D eigenvalue weighted by atomic mass is 35.5. The Morgan fingerprint density at radius 2 is 1.93 bits per heavy atom. The van der Waals surface area contributed by atoms with E-state index in [2.05, 4.69) is 9.47 Å². The van der Waals surface area contributed by atoms with Gasteiger partial charge in [0.15, 0.2) is 0 Å². The number of carbonyl (C=O) groups excluding carboxylic acids is 2. The second-order valence-corrected chi connectivity index (χ2v) is 4.90. The summed E-state index contributed by atoms with van der Waals surface area (Å²) in [5, 5.41) is -0.650. The molecule has 0 aliphatic carbocycles. The lowest BCUT2D eigenvalue weighted by Crippen LogP contribution is -2.32. The maximum atomic E-state index is 11.1. The molecule has 0 amide bonds. The van der Waals surface area contributed by atoms with Crippen LogP contribution in [0.25, 0.3) is 0 Å². The summed E-state index contributed by atoms with van der Waals surface area (Å²) in [6.07, 6.45) is -0.0718. The average molecular weight is 278 g/mol. The van der Waals surface area contributed by atoms with Crippen molar-refractivity contribution in [1.82, 2.24) is 0 Å². The number of alkyl halides is 3. The van der Waals surface area contributed by atoms with Gasteiger partial charge in [-0.2, -0.15) is 0 Å². The lowest BCUT2D eigenvalue weighted by atomic mass is 10.2. The summed E-state index contributed by atoms with van der Waals surface area (Å²) in [4.78, 5) is 21.5. The Bertz CT molecular complexity index is 242. The molecule has 0 spiro atoms. The van der Waals surface area contributed by atoms with Gasteiger partial charge in [0.25, 0.3) is 0 Å². The van der Waals surface area contributed by atoms with Gasteiger partial charge in [0.05, 0.1) is 12.5 Å². The highest BCUT2D eigenvalue weighted by Crippen LogP contribution is 2.30. The van der Waals surface area contributed by atoms with E-state index in [0.29, 0.717) is 0 Å². The molecule has 0 aromatic carbocycles. The standard InChI is InChI=1S/C8H11Cl3O4/c1-5(12)15-4-6(9)3-8(10,11)7(13)14-2/h6H,3-4H2,1-2H3. The molecule has 1 atom stereocenters. The first-order chi connectivity index (χ1) is 6.79. The molecule has 0 saturated carbocycles. The molecular weight excluding hydrogens is 266 g/mol. The summed E-state index contributed by atoms with van der Waals surface area (Å²) in [7, 11) is 1.16. The van der Waals surface area contributed by atoms with Crippen LogP contribution in [0, 0.1) is 0 Å². The minimum absolute atomic E-state index is 0.0604. The third kappa shape index (κ3) is 6.07. The Kier molecular flexibility index (Phi) is 6.32. The van der Waals surface area contributed by atoms with Gasteiger partial charge in [-0.1, -0.05) is 23.2 Å². The van der Waals surface area contributed by atoms with E-state index in [4.69, 9.17) is 34.8 Å². The summed E-state index contributed by atoms with van der Waals surface area (Å²) in [6, 6.07) is 0. The number of esters is 2. The zero-order valence-electron chi connectivity index (χ0n) is 8.26. The van der Waals surface area contributed by atoms with E-state index in [0.717, 1.165) is 7.11 Å². The summed E-state index contributed by atoms with van der Waals surface area (Å²) >= 11 is 17.1. The van der Waals surface area contributed by atoms with Crippen LogP contribution in [-0.2, 0) is 19.1 Å². The normalized spacial score (nSPS) is 13.1. The number of methoxy groups -OCH3 is 1. The zero-order chi connectivity index (χ0) is 12.1. The fraction of sp³-hybridized carbons (Fsp3) is 0.750. The molecule has 0 aliphatic rings. The minimum Gasteiger partial charge on any atom is -0.467 e. The molecule has 0 rings (SSSR count). The summed E-state index contributed by atoms with van der Waals surface area (Å²) in [5.41, 5.74) is 0. The predicted octanol–water partition coefficient (Wildman–Crippen LogP) is 1.89. The van der Waals surface area contributed by atoms with Gasteiger partial charge in [0.1, 0.15) is 6.61 Å². The molecule has 0 aromatic rings. The Morgan fingerprint density at radius 1 is 1.40 bits per heavy atom. The van der Waals surface area contributed by atoms with Crippen LogP contribution in [0.4, 0.5) is 0 Å². The molecule has 4 nitrogen and oxygen atoms in total. The largest absolute Gasteiger partial charge is 0.467 e. The van der Waals surface area contributed by atoms with Crippen LogP contribution in [0.1, 0.15) is 13.3 Å². The van der Waals surface area contributed by atoms with Gasteiger partial charge < -0.3 is 9.47 Å². The van der Waals surface area contributed by atoms with E-state index in [1.165, 1.54) is 6.92 Å². The van der Waals surface area contributed by atoms with Crippen molar-refractivity contribution in [3.63, 3.8) is 0 Å². The molecule has 1 unspecified atom stereocenters. The quantitative estimate of drug-likeness (QED) is 0.569. The van der Waals surface area contributed by atoms with E-state index in [9.17, 15) is 9.59 Å². The van der Waals surface area contributed by atoms with Crippen molar-refractivity contribution in [3.8, 4) is 0 Å². The molecule has 0 bridgehead atoms. The third-order valence-corrected chi connectivity index (χ3v) is 2.33. The first-order valence-electron chi connectivity index (χ1n) is 4.03. The Hall–Kier alpha value is -0.190. The van der Waals surface area contributed by atoms with Crippen molar-refractivity contribution < 1.29 is 19.1 Å². The number of hydrogen-bond acceptors (Lipinski definition) is 4. The lowest BCUT2D eigenvalue weighted by Gasteiger charge is -2.19. The summed E-state index contributed by atoms with van der Waals surface area (Å²) in [6.45, 7) is 1.19. The van der Waals surface area contributed by atoms with E-state index in [1.807, 2.05) is 0 Å². The van der Waals surface area contributed by atoms with Crippen LogP contribution in [-0.4, -0.2) is 35.4 Å². The number of carbonyl (C=O) groups is 2. The van der Waals surface area contributed by atoms with Crippen molar-refractivity contribution in [2.75, 3.05) is 13.7 Å².